The predicted octanol–water partition coefficient (Wildman–Crippen LogP) is 6.50. The fourth-order valence-electron chi connectivity index (χ4n) is 5.52. The van der Waals surface area contributed by atoms with Gasteiger partial charge in [-0.25, -0.2) is 0 Å². The lowest BCUT2D eigenvalue weighted by Crippen LogP contribution is -2.42. The van der Waals surface area contributed by atoms with Crippen LogP contribution in [-0.2, 0) is 17.8 Å². The van der Waals surface area contributed by atoms with E-state index in [1.54, 1.807) is 4.57 Å². The number of amides is 1. The molecule has 1 aliphatic heterocycles. The van der Waals surface area contributed by atoms with Crippen molar-refractivity contribution in [3.05, 3.63) is 104 Å². The van der Waals surface area contributed by atoms with Gasteiger partial charge in [-0.2, -0.15) is 0 Å². The smallest absolute Gasteiger partial charge is 0.262 e. The highest BCUT2D eigenvalue weighted by atomic mass is 32.1. The van der Waals surface area contributed by atoms with Crippen molar-refractivity contribution in [3.63, 3.8) is 0 Å². The van der Waals surface area contributed by atoms with E-state index in [9.17, 15) is 9.59 Å². The van der Waals surface area contributed by atoms with Crippen LogP contribution in [-0.4, -0.2) is 32.9 Å². The summed E-state index contributed by atoms with van der Waals surface area (Å²) in [6.07, 6.45) is 2.99. The summed E-state index contributed by atoms with van der Waals surface area (Å²) in [6.45, 7) is 3.49. The fraction of sp³-hybridized carbons (Fsp3) is 0.258. The number of thiazole rings is 1. The van der Waals surface area contributed by atoms with Crippen LogP contribution >= 0.6 is 23.6 Å². The minimum Gasteiger partial charge on any atom is -0.341 e. The van der Waals surface area contributed by atoms with Crippen molar-refractivity contribution in [2.45, 2.75) is 32.7 Å². The molecule has 0 radical (unpaired) electrons. The van der Waals surface area contributed by atoms with Crippen LogP contribution in [0, 0.1) is 16.8 Å². The Morgan fingerprint density at radius 1 is 0.947 bits per heavy atom. The highest BCUT2D eigenvalue weighted by Crippen LogP contribution is 2.33. The number of aryl methyl sites for hydroxylation is 1. The molecule has 3 aromatic carbocycles. The maximum atomic E-state index is 13.8. The molecule has 0 atom stereocenters. The number of fused-ring (bicyclic) bond motifs is 3. The molecule has 0 N–H and O–H groups in total. The predicted molar refractivity (Wildman–Crippen MR) is 157 cm³/mol. The number of carbonyl (C=O) groups is 1. The van der Waals surface area contributed by atoms with Crippen molar-refractivity contribution in [2.24, 2.45) is 5.92 Å². The maximum Gasteiger partial charge on any atom is 0.262 e. The van der Waals surface area contributed by atoms with Gasteiger partial charge in [0.2, 0.25) is 5.91 Å². The van der Waals surface area contributed by atoms with E-state index < -0.39 is 0 Å². The van der Waals surface area contributed by atoms with E-state index in [-0.39, 0.29) is 18.0 Å². The number of piperidine rings is 1. The summed E-state index contributed by atoms with van der Waals surface area (Å²) in [7, 11) is 0. The summed E-state index contributed by atoms with van der Waals surface area (Å²) in [5.41, 5.74) is 4.81. The standard InChI is InChI=1S/C31H29N3O2S2/c1-21-11-13-24(14-12-21)28-29-33(30(36)25-9-5-6-10-26(25)34(29)31(37)38-28)20-27(35)32-17-15-23(16-18-32)19-22-7-3-2-4-8-22/h2-14,23H,15-20H2,1H3. The van der Waals surface area contributed by atoms with Crippen LogP contribution in [0.25, 0.3) is 27.0 Å². The molecule has 0 bridgehead atoms. The van der Waals surface area contributed by atoms with Crippen molar-refractivity contribution >= 4 is 46.0 Å². The summed E-state index contributed by atoms with van der Waals surface area (Å²) in [5.74, 6) is 0.550. The maximum absolute atomic E-state index is 13.8. The highest BCUT2D eigenvalue weighted by Gasteiger charge is 2.25. The topological polar surface area (TPSA) is 46.7 Å². The van der Waals surface area contributed by atoms with Gasteiger partial charge in [-0.1, -0.05) is 72.3 Å². The Balaban J connectivity index is 1.35. The quantitative estimate of drug-likeness (QED) is 0.240. The molecule has 0 saturated carbocycles. The third kappa shape index (κ3) is 4.61. The third-order valence-corrected chi connectivity index (χ3v) is 9.02. The lowest BCUT2D eigenvalue weighted by Gasteiger charge is -2.32. The second-order valence-electron chi connectivity index (χ2n) is 10.1. The van der Waals surface area contributed by atoms with Gasteiger partial charge in [0.1, 0.15) is 12.2 Å². The Hall–Kier alpha value is -3.55. The zero-order chi connectivity index (χ0) is 26.2. The zero-order valence-corrected chi connectivity index (χ0v) is 22.9. The van der Waals surface area contributed by atoms with Crippen molar-refractivity contribution < 1.29 is 4.79 Å². The normalized spacial score (nSPS) is 14.4. The molecule has 192 valence electrons. The molecule has 38 heavy (non-hydrogen) atoms. The molecular weight excluding hydrogens is 510 g/mol. The van der Waals surface area contributed by atoms with E-state index in [1.165, 1.54) is 16.9 Å². The molecule has 1 fully saturated rings. The minimum atomic E-state index is -0.158. The minimum absolute atomic E-state index is 0.000881. The molecule has 1 aliphatic rings. The SMILES string of the molecule is Cc1ccc(-c2sc(=S)n3c4ccccc4c(=O)n(CC(=O)N4CCC(Cc5ccccc5)CC4)c23)cc1. The molecule has 6 rings (SSSR count). The lowest BCUT2D eigenvalue weighted by atomic mass is 9.90. The van der Waals surface area contributed by atoms with Crippen molar-refractivity contribution in [2.75, 3.05) is 13.1 Å². The highest BCUT2D eigenvalue weighted by molar-refractivity contribution is 7.73. The Kier molecular flexibility index (Phi) is 6.72. The van der Waals surface area contributed by atoms with Gasteiger partial charge in [0.15, 0.2) is 3.95 Å². The van der Waals surface area contributed by atoms with E-state index >= 15 is 0 Å². The van der Waals surface area contributed by atoms with Gasteiger partial charge in [0, 0.05) is 13.1 Å². The first kappa shape index (κ1) is 24.8. The van der Waals surface area contributed by atoms with Crippen LogP contribution < -0.4 is 5.56 Å². The van der Waals surface area contributed by atoms with Crippen molar-refractivity contribution in [1.82, 2.24) is 13.9 Å². The summed E-state index contributed by atoms with van der Waals surface area (Å²) in [4.78, 5) is 30.2. The van der Waals surface area contributed by atoms with Crippen molar-refractivity contribution in [3.8, 4) is 10.4 Å². The van der Waals surface area contributed by atoms with E-state index in [1.807, 2.05) is 39.6 Å². The van der Waals surface area contributed by atoms with E-state index in [0.717, 1.165) is 53.9 Å². The number of para-hydroxylation sites is 1. The first-order valence-electron chi connectivity index (χ1n) is 13.1. The van der Waals surface area contributed by atoms with Crippen LogP contribution in [0.5, 0.6) is 0 Å². The monoisotopic (exact) mass is 539 g/mol. The number of carbonyl (C=O) groups excluding carboxylic acids is 1. The van der Waals surface area contributed by atoms with Crippen LogP contribution in [0.1, 0.15) is 24.0 Å². The van der Waals surface area contributed by atoms with E-state index in [0.29, 0.717) is 20.9 Å². The second kappa shape index (κ2) is 10.3. The summed E-state index contributed by atoms with van der Waals surface area (Å²) in [5, 5.41) is 0.568. The molecule has 1 amide bonds. The first-order valence-corrected chi connectivity index (χ1v) is 14.3. The number of aromatic nitrogens is 2. The molecule has 1 saturated heterocycles. The fourth-order valence-corrected chi connectivity index (χ4v) is 6.95. The van der Waals surface area contributed by atoms with Crippen LogP contribution in [0.2, 0.25) is 0 Å². The second-order valence-corrected chi connectivity index (χ2v) is 11.8. The Labute approximate surface area is 230 Å². The number of hydrogen-bond donors (Lipinski definition) is 0. The lowest BCUT2D eigenvalue weighted by molar-refractivity contribution is -0.133. The van der Waals surface area contributed by atoms with Crippen molar-refractivity contribution in [1.29, 1.82) is 0 Å². The molecule has 7 heteroatoms. The van der Waals surface area contributed by atoms with Gasteiger partial charge in [-0.3, -0.25) is 18.6 Å². The summed E-state index contributed by atoms with van der Waals surface area (Å²) < 4.78 is 4.27. The molecule has 2 aromatic heterocycles. The van der Waals surface area contributed by atoms with Gasteiger partial charge in [-0.05, 0) is 67.6 Å². The molecule has 0 aliphatic carbocycles. The number of rotatable bonds is 5. The van der Waals surface area contributed by atoms with Crippen LogP contribution in [0.3, 0.4) is 0 Å². The Morgan fingerprint density at radius 3 is 2.37 bits per heavy atom. The van der Waals surface area contributed by atoms with Gasteiger partial charge in [-0.15, -0.1) is 11.3 Å². The van der Waals surface area contributed by atoms with Gasteiger partial charge >= 0.3 is 0 Å². The molecule has 5 aromatic rings. The van der Waals surface area contributed by atoms with Crippen LogP contribution in [0.15, 0.2) is 83.7 Å². The molecular formula is C31H29N3O2S2. The third-order valence-electron chi connectivity index (χ3n) is 7.60. The summed E-state index contributed by atoms with van der Waals surface area (Å²) >= 11 is 7.29. The zero-order valence-electron chi connectivity index (χ0n) is 21.3. The molecule has 5 nitrogen and oxygen atoms in total. The number of hydrogen-bond acceptors (Lipinski definition) is 4. The van der Waals surface area contributed by atoms with Gasteiger partial charge < -0.3 is 4.90 Å². The number of nitrogens with zero attached hydrogens (tertiary/aromatic N) is 3. The van der Waals surface area contributed by atoms with Crippen LogP contribution in [0.4, 0.5) is 0 Å². The average molecular weight is 540 g/mol. The van der Waals surface area contributed by atoms with Gasteiger partial charge in [0.25, 0.3) is 5.56 Å². The first-order chi connectivity index (χ1) is 18.5. The largest absolute Gasteiger partial charge is 0.341 e. The Morgan fingerprint density at radius 2 is 1.63 bits per heavy atom. The average Bonchev–Trinajstić information content (AvgIpc) is 3.29. The molecule has 0 unspecified atom stereocenters. The molecule has 0 spiro atoms. The van der Waals surface area contributed by atoms with Gasteiger partial charge in [0.05, 0.1) is 15.8 Å². The molecule has 3 heterocycles. The Bertz CT molecular complexity index is 1740. The van der Waals surface area contributed by atoms with E-state index in [2.05, 4.69) is 55.5 Å². The summed E-state index contributed by atoms with van der Waals surface area (Å²) in [6, 6.07) is 26.3. The number of benzene rings is 3. The number of likely N-dealkylation sites (tertiary alicyclic amines) is 1. The van der Waals surface area contributed by atoms with E-state index in [4.69, 9.17) is 12.2 Å².